The number of aryl methyl sites for hydroxylation is 1. The van der Waals surface area contributed by atoms with Crippen LogP contribution in [0.2, 0.25) is 0 Å². The van der Waals surface area contributed by atoms with Crippen LogP contribution in [-0.2, 0) is 6.61 Å². The summed E-state index contributed by atoms with van der Waals surface area (Å²) in [6, 6.07) is 12.9. The van der Waals surface area contributed by atoms with Crippen molar-refractivity contribution in [2.75, 3.05) is 5.32 Å². The first-order chi connectivity index (χ1) is 10.1. The molecule has 0 aromatic heterocycles. The van der Waals surface area contributed by atoms with Crippen LogP contribution in [0.25, 0.3) is 0 Å². The third-order valence-electron chi connectivity index (χ3n) is 2.89. The second-order valence-electron chi connectivity index (χ2n) is 4.47. The van der Waals surface area contributed by atoms with Crippen molar-refractivity contribution in [2.24, 2.45) is 5.84 Å². The Hall–Kier alpha value is -2.05. The summed E-state index contributed by atoms with van der Waals surface area (Å²) in [6.45, 7) is 2.33. The maximum Gasteiger partial charge on any atom is 0.333 e. The Morgan fingerprint density at radius 3 is 2.62 bits per heavy atom. The van der Waals surface area contributed by atoms with Crippen LogP contribution in [0.5, 0.6) is 5.75 Å². The van der Waals surface area contributed by atoms with Crippen molar-refractivity contribution in [1.82, 2.24) is 5.43 Å². The van der Waals surface area contributed by atoms with E-state index in [0.29, 0.717) is 18.0 Å². The van der Waals surface area contributed by atoms with E-state index in [9.17, 15) is 4.79 Å². The van der Waals surface area contributed by atoms with Gasteiger partial charge in [-0.3, -0.25) is 5.43 Å². The standard InChI is InChI=1S/C15H16BrN3O2/c1-10-3-2-4-13(18-15(20)19-17)14(10)21-9-11-5-7-12(16)8-6-11/h2-8H,9,17H2,1H3,(H2,18,19,20). The van der Waals surface area contributed by atoms with E-state index in [0.717, 1.165) is 15.6 Å². The van der Waals surface area contributed by atoms with Crippen LogP contribution < -0.4 is 21.3 Å². The van der Waals surface area contributed by atoms with Gasteiger partial charge in [0.2, 0.25) is 0 Å². The molecule has 4 N–H and O–H groups in total. The Balaban J connectivity index is 2.14. The van der Waals surface area contributed by atoms with E-state index in [2.05, 4.69) is 21.2 Å². The Kier molecular flexibility index (Phi) is 5.19. The van der Waals surface area contributed by atoms with E-state index < -0.39 is 6.03 Å². The van der Waals surface area contributed by atoms with Crippen molar-refractivity contribution in [3.63, 3.8) is 0 Å². The molecule has 0 radical (unpaired) electrons. The summed E-state index contributed by atoms with van der Waals surface area (Å²) in [6.07, 6.45) is 0. The topological polar surface area (TPSA) is 76.4 Å². The molecule has 0 fully saturated rings. The molecule has 0 aliphatic heterocycles. The lowest BCUT2D eigenvalue weighted by atomic mass is 10.2. The van der Waals surface area contributed by atoms with E-state index in [1.165, 1.54) is 0 Å². The molecule has 0 unspecified atom stereocenters. The first-order valence-corrected chi connectivity index (χ1v) is 7.14. The van der Waals surface area contributed by atoms with Gasteiger partial charge in [0, 0.05) is 4.47 Å². The molecule has 0 saturated heterocycles. The Morgan fingerprint density at radius 1 is 1.24 bits per heavy atom. The molecule has 0 aliphatic rings. The van der Waals surface area contributed by atoms with Crippen molar-refractivity contribution in [3.05, 3.63) is 58.1 Å². The van der Waals surface area contributed by atoms with E-state index in [1.54, 1.807) is 6.07 Å². The summed E-state index contributed by atoms with van der Waals surface area (Å²) in [4.78, 5) is 11.3. The molecule has 2 aromatic carbocycles. The molecule has 0 aliphatic carbocycles. The van der Waals surface area contributed by atoms with Crippen LogP contribution in [0.1, 0.15) is 11.1 Å². The average Bonchev–Trinajstić information content (AvgIpc) is 2.48. The van der Waals surface area contributed by atoms with Gasteiger partial charge in [-0.25, -0.2) is 10.6 Å². The zero-order valence-electron chi connectivity index (χ0n) is 11.5. The van der Waals surface area contributed by atoms with Crippen LogP contribution in [0.3, 0.4) is 0 Å². The highest BCUT2D eigenvalue weighted by molar-refractivity contribution is 9.10. The van der Waals surface area contributed by atoms with Crippen LogP contribution >= 0.6 is 15.9 Å². The third-order valence-corrected chi connectivity index (χ3v) is 3.42. The van der Waals surface area contributed by atoms with Gasteiger partial charge in [0.1, 0.15) is 12.4 Å². The quantitative estimate of drug-likeness (QED) is 0.450. The number of anilines is 1. The fourth-order valence-corrected chi connectivity index (χ4v) is 2.10. The van der Waals surface area contributed by atoms with Crippen LogP contribution in [0.4, 0.5) is 10.5 Å². The molecule has 0 saturated carbocycles. The van der Waals surface area contributed by atoms with E-state index in [-0.39, 0.29) is 0 Å². The van der Waals surface area contributed by atoms with Gasteiger partial charge in [-0.2, -0.15) is 0 Å². The number of hydrogen-bond donors (Lipinski definition) is 3. The maximum atomic E-state index is 11.3. The smallest absolute Gasteiger partial charge is 0.333 e. The first-order valence-electron chi connectivity index (χ1n) is 6.34. The van der Waals surface area contributed by atoms with Crippen molar-refractivity contribution in [3.8, 4) is 5.75 Å². The summed E-state index contributed by atoms with van der Waals surface area (Å²) in [5, 5.41) is 2.64. The van der Waals surface area contributed by atoms with E-state index in [1.807, 2.05) is 48.7 Å². The molecule has 0 spiro atoms. The number of hydrogen-bond acceptors (Lipinski definition) is 3. The normalized spacial score (nSPS) is 10.0. The highest BCUT2D eigenvalue weighted by Gasteiger charge is 2.09. The van der Waals surface area contributed by atoms with Crippen molar-refractivity contribution >= 4 is 27.6 Å². The minimum absolute atomic E-state index is 0.414. The Morgan fingerprint density at radius 2 is 1.95 bits per heavy atom. The van der Waals surface area contributed by atoms with Gasteiger partial charge < -0.3 is 10.1 Å². The number of halogens is 1. The van der Waals surface area contributed by atoms with Gasteiger partial charge >= 0.3 is 6.03 Å². The van der Waals surface area contributed by atoms with Gasteiger partial charge in [0.25, 0.3) is 0 Å². The van der Waals surface area contributed by atoms with Crippen LogP contribution in [0, 0.1) is 6.92 Å². The molecule has 2 amide bonds. The Bertz CT molecular complexity index is 629. The minimum atomic E-state index is -0.492. The lowest BCUT2D eigenvalue weighted by Gasteiger charge is -2.14. The fourth-order valence-electron chi connectivity index (χ4n) is 1.84. The Labute approximate surface area is 131 Å². The molecular formula is C15H16BrN3O2. The molecule has 5 nitrogen and oxygen atoms in total. The van der Waals surface area contributed by atoms with Gasteiger partial charge in [0.05, 0.1) is 5.69 Å². The van der Waals surface area contributed by atoms with Gasteiger partial charge in [-0.05, 0) is 36.2 Å². The number of urea groups is 1. The van der Waals surface area contributed by atoms with Crippen molar-refractivity contribution in [2.45, 2.75) is 13.5 Å². The lowest BCUT2D eigenvalue weighted by molar-refractivity contribution is 0.252. The first kappa shape index (κ1) is 15.3. The molecule has 2 rings (SSSR count). The highest BCUT2D eigenvalue weighted by Crippen LogP contribution is 2.29. The molecule has 21 heavy (non-hydrogen) atoms. The second kappa shape index (κ2) is 7.10. The minimum Gasteiger partial charge on any atom is -0.486 e. The van der Waals surface area contributed by atoms with Crippen LogP contribution in [0.15, 0.2) is 46.9 Å². The van der Waals surface area contributed by atoms with Gasteiger partial charge in [-0.15, -0.1) is 0 Å². The molecular weight excluding hydrogens is 334 g/mol. The zero-order valence-corrected chi connectivity index (χ0v) is 13.1. The monoisotopic (exact) mass is 349 g/mol. The molecule has 0 bridgehead atoms. The largest absolute Gasteiger partial charge is 0.486 e. The third kappa shape index (κ3) is 4.21. The summed E-state index contributed by atoms with van der Waals surface area (Å²) in [7, 11) is 0. The maximum absolute atomic E-state index is 11.3. The van der Waals surface area contributed by atoms with Crippen LogP contribution in [-0.4, -0.2) is 6.03 Å². The fraction of sp³-hybridized carbons (Fsp3) is 0.133. The number of carbonyl (C=O) groups excluding carboxylic acids is 1. The second-order valence-corrected chi connectivity index (χ2v) is 5.38. The van der Waals surface area contributed by atoms with Crippen molar-refractivity contribution < 1.29 is 9.53 Å². The molecule has 6 heteroatoms. The summed E-state index contributed by atoms with van der Waals surface area (Å²) < 4.78 is 6.86. The zero-order chi connectivity index (χ0) is 15.2. The number of nitrogens with two attached hydrogens (primary N) is 1. The summed E-state index contributed by atoms with van der Waals surface area (Å²) >= 11 is 3.39. The number of carbonyl (C=O) groups is 1. The average molecular weight is 350 g/mol. The van der Waals surface area contributed by atoms with Crippen molar-refractivity contribution in [1.29, 1.82) is 0 Å². The summed E-state index contributed by atoms with van der Waals surface area (Å²) in [5.74, 6) is 5.71. The number of para-hydroxylation sites is 1. The molecule has 110 valence electrons. The van der Waals surface area contributed by atoms with E-state index >= 15 is 0 Å². The molecule has 2 aromatic rings. The lowest BCUT2D eigenvalue weighted by Crippen LogP contribution is -2.34. The van der Waals surface area contributed by atoms with Gasteiger partial charge in [0.15, 0.2) is 0 Å². The number of nitrogens with one attached hydrogen (secondary N) is 2. The molecule has 0 atom stereocenters. The van der Waals surface area contributed by atoms with Gasteiger partial charge in [-0.1, -0.05) is 40.2 Å². The SMILES string of the molecule is Cc1cccc(NC(=O)NN)c1OCc1ccc(Br)cc1. The summed E-state index contributed by atoms with van der Waals surface area (Å²) in [5.41, 5.74) is 4.58. The predicted molar refractivity (Wildman–Crippen MR) is 86.0 cm³/mol. The number of ether oxygens (including phenoxy) is 1. The number of rotatable bonds is 4. The number of amides is 2. The predicted octanol–water partition coefficient (Wildman–Crippen LogP) is 3.33. The number of benzene rings is 2. The van der Waals surface area contributed by atoms with E-state index in [4.69, 9.17) is 10.6 Å². The highest BCUT2D eigenvalue weighted by atomic mass is 79.9. The number of hydrazine groups is 1. The molecule has 0 heterocycles.